The largest absolute Gasteiger partial charge is 0.302 e. The van der Waals surface area contributed by atoms with Crippen molar-refractivity contribution in [2.45, 2.75) is 50.2 Å². The Morgan fingerprint density at radius 2 is 1.63 bits per heavy atom. The molecule has 0 heterocycles. The maximum absolute atomic E-state index is 13.0. The Morgan fingerprint density at radius 1 is 0.933 bits per heavy atom. The summed E-state index contributed by atoms with van der Waals surface area (Å²) in [7, 11) is -3.60. The first-order valence-corrected chi connectivity index (χ1v) is 11.8. The molecule has 0 aromatic heterocycles. The number of hydrogen-bond donors (Lipinski definition) is 2. The lowest BCUT2D eigenvalue weighted by Gasteiger charge is -2.28. The van der Waals surface area contributed by atoms with Gasteiger partial charge in [0.1, 0.15) is 0 Å². The second-order valence-electron chi connectivity index (χ2n) is 8.17. The van der Waals surface area contributed by atoms with Crippen molar-refractivity contribution < 1.29 is 8.42 Å². The van der Waals surface area contributed by atoms with Crippen molar-refractivity contribution in [3.63, 3.8) is 0 Å². The topological polar surface area (TPSA) is 58.2 Å². The monoisotopic (exact) mass is 420 g/mol. The molecule has 5 heteroatoms. The summed E-state index contributed by atoms with van der Waals surface area (Å²) in [6.45, 7) is 6.36. The smallest absolute Gasteiger partial charge is 0.240 e. The highest BCUT2D eigenvalue weighted by molar-refractivity contribution is 7.89. The van der Waals surface area contributed by atoms with Crippen LogP contribution < -0.4 is 10.0 Å². The summed E-state index contributed by atoms with van der Waals surface area (Å²) in [5.41, 5.74) is 6.04. The Morgan fingerprint density at radius 3 is 2.40 bits per heavy atom. The van der Waals surface area contributed by atoms with E-state index in [4.69, 9.17) is 0 Å². The van der Waals surface area contributed by atoms with E-state index in [1.807, 2.05) is 18.2 Å². The molecule has 30 heavy (non-hydrogen) atoms. The summed E-state index contributed by atoms with van der Waals surface area (Å²) in [6, 6.07) is 23.0. The molecule has 0 radical (unpaired) electrons. The van der Waals surface area contributed by atoms with E-state index in [1.54, 1.807) is 24.3 Å². The van der Waals surface area contributed by atoms with Crippen LogP contribution in [0.3, 0.4) is 0 Å². The predicted molar refractivity (Wildman–Crippen MR) is 121 cm³/mol. The van der Waals surface area contributed by atoms with Gasteiger partial charge in [0.05, 0.1) is 4.90 Å². The maximum atomic E-state index is 13.0. The summed E-state index contributed by atoms with van der Waals surface area (Å²) < 4.78 is 29.0. The summed E-state index contributed by atoms with van der Waals surface area (Å²) in [6.07, 6.45) is 0.666. The molecular formula is C25H28N2O2S. The van der Waals surface area contributed by atoms with Crippen LogP contribution in [0.1, 0.15) is 46.8 Å². The molecule has 0 unspecified atom stereocenters. The molecule has 0 saturated carbocycles. The third-order valence-electron chi connectivity index (χ3n) is 5.92. The highest BCUT2D eigenvalue weighted by atomic mass is 32.2. The number of hydrogen-bond acceptors (Lipinski definition) is 3. The molecule has 3 aromatic rings. The van der Waals surface area contributed by atoms with Gasteiger partial charge in [-0.3, -0.25) is 0 Å². The van der Waals surface area contributed by atoms with E-state index in [-0.39, 0.29) is 18.1 Å². The van der Waals surface area contributed by atoms with Gasteiger partial charge < -0.3 is 5.32 Å². The second-order valence-corrected chi connectivity index (χ2v) is 9.88. The fourth-order valence-electron chi connectivity index (χ4n) is 4.36. The third kappa shape index (κ3) is 4.19. The normalized spacial score (nSPS) is 19.4. The summed E-state index contributed by atoms with van der Waals surface area (Å²) in [5.74, 6) is 0. The standard InChI is InChI=1S/C25H28N2O2S/c1-17-13-14-18(2)23(15-17)19(3)26-25-22-12-8-7-9-20(22)16-24(25)27-30(28,29)21-10-5-4-6-11-21/h4-15,19,24-27H,16H2,1-3H3/t19-,24+,25+/m0/s1. The second kappa shape index (κ2) is 8.34. The molecule has 1 aliphatic rings. The predicted octanol–water partition coefficient (Wildman–Crippen LogP) is 4.60. The van der Waals surface area contributed by atoms with Gasteiger partial charge in [-0.25, -0.2) is 13.1 Å². The lowest BCUT2D eigenvalue weighted by molar-refractivity contribution is 0.401. The number of rotatable bonds is 6. The minimum absolute atomic E-state index is 0.0878. The minimum Gasteiger partial charge on any atom is -0.302 e. The van der Waals surface area contributed by atoms with Gasteiger partial charge in [0.25, 0.3) is 0 Å². The van der Waals surface area contributed by atoms with Gasteiger partial charge in [0.15, 0.2) is 0 Å². The highest BCUT2D eigenvalue weighted by Gasteiger charge is 2.36. The van der Waals surface area contributed by atoms with E-state index >= 15 is 0 Å². The van der Waals surface area contributed by atoms with Crippen molar-refractivity contribution in [2.24, 2.45) is 0 Å². The molecule has 0 saturated heterocycles. The van der Waals surface area contributed by atoms with Crippen LogP contribution >= 0.6 is 0 Å². The summed E-state index contributed by atoms with van der Waals surface area (Å²) >= 11 is 0. The number of sulfonamides is 1. The fourth-order valence-corrected chi connectivity index (χ4v) is 5.63. The molecule has 0 bridgehead atoms. The first kappa shape index (κ1) is 20.8. The molecule has 3 aromatic carbocycles. The van der Waals surface area contributed by atoms with Gasteiger partial charge in [0.2, 0.25) is 10.0 Å². The van der Waals surface area contributed by atoms with E-state index in [2.05, 4.69) is 61.1 Å². The van der Waals surface area contributed by atoms with Crippen molar-refractivity contribution in [3.8, 4) is 0 Å². The van der Waals surface area contributed by atoms with Gasteiger partial charge in [0, 0.05) is 18.1 Å². The van der Waals surface area contributed by atoms with Crippen LogP contribution in [0.4, 0.5) is 0 Å². The van der Waals surface area contributed by atoms with Crippen LogP contribution in [-0.4, -0.2) is 14.5 Å². The van der Waals surface area contributed by atoms with Crippen molar-refractivity contribution in [1.29, 1.82) is 0 Å². The van der Waals surface area contributed by atoms with Crippen LogP contribution in [0.25, 0.3) is 0 Å². The molecule has 4 rings (SSSR count). The Hall–Kier alpha value is -2.47. The van der Waals surface area contributed by atoms with E-state index in [0.717, 1.165) is 5.56 Å². The molecule has 0 fully saturated rings. The zero-order chi connectivity index (χ0) is 21.3. The van der Waals surface area contributed by atoms with E-state index in [1.165, 1.54) is 22.3 Å². The van der Waals surface area contributed by atoms with Gasteiger partial charge >= 0.3 is 0 Å². The minimum atomic E-state index is -3.60. The lowest BCUT2D eigenvalue weighted by Crippen LogP contribution is -2.43. The molecule has 0 amide bonds. The molecule has 3 atom stereocenters. The summed E-state index contributed by atoms with van der Waals surface area (Å²) in [4.78, 5) is 0.294. The molecule has 2 N–H and O–H groups in total. The van der Waals surface area contributed by atoms with E-state index in [0.29, 0.717) is 11.3 Å². The SMILES string of the molecule is Cc1ccc(C)c([C@H](C)N[C@@H]2c3ccccc3C[C@H]2NS(=O)(=O)c2ccccc2)c1. The Balaban J connectivity index is 1.63. The molecule has 4 nitrogen and oxygen atoms in total. The molecule has 0 aliphatic heterocycles. The Bertz CT molecular complexity index is 1140. The first-order chi connectivity index (χ1) is 14.3. The molecule has 156 valence electrons. The van der Waals surface area contributed by atoms with Gasteiger partial charge in [-0.1, -0.05) is 66.2 Å². The van der Waals surface area contributed by atoms with Crippen LogP contribution in [-0.2, 0) is 16.4 Å². The van der Waals surface area contributed by atoms with E-state index < -0.39 is 10.0 Å². The molecule has 1 aliphatic carbocycles. The maximum Gasteiger partial charge on any atom is 0.240 e. The Labute approximate surface area is 179 Å². The number of benzene rings is 3. The van der Waals surface area contributed by atoms with Crippen LogP contribution in [0, 0.1) is 13.8 Å². The Kier molecular flexibility index (Phi) is 5.78. The van der Waals surface area contributed by atoms with Crippen LogP contribution in [0.15, 0.2) is 77.7 Å². The van der Waals surface area contributed by atoms with Crippen molar-refractivity contribution in [2.75, 3.05) is 0 Å². The van der Waals surface area contributed by atoms with Gasteiger partial charge in [-0.15, -0.1) is 0 Å². The van der Waals surface area contributed by atoms with E-state index in [9.17, 15) is 8.42 Å². The van der Waals surface area contributed by atoms with Crippen LogP contribution in [0.5, 0.6) is 0 Å². The fraction of sp³-hybridized carbons (Fsp3) is 0.280. The molecule has 0 spiro atoms. The average molecular weight is 421 g/mol. The zero-order valence-electron chi connectivity index (χ0n) is 17.6. The number of nitrogens with one attached hydrogen (secondary N) is 2. The third-order valence-corrected chi connectivity index (χ3v) is 7.43. The highest BCUT2D eigenvalue weighted by Crippen LogP contribution is 2.34. The number of fused-ring (bicyclic) bond motifs is 1. The van der Waals surface area contributed by atoms with Crippen molar-refractivity contribution >= 4 is 10.0 Å². The van der Waals surface area contributed by atoms with Gasteiger partial charge in [-0.05, 0) is 61.6 Å². The van der Waals surface area contributed by atoms with Crippen molar-refractivity contribution in [1.82, 2.24) is 10.0 Å². The molecular weight excluding hydrogens is 392 g/mol. The summed E-state index contributed by atoms with van der Waals surface area (Å²) in [5, 5.41) is 3.72. The average Bonchev–Trinajstić information content (AvgIpc) is 3.06. The van der Waals surface area contributed by atoms with Crippen molar-refractivity contribution in [3.05, 3.63) is 101 Å². The quantitative estimate of drug-likeness (QED) is 0.613. The lowest BCUT2D eigenvalue weighted by atomic mass is 9.98. The van der Waals surface area contributed by atoms with Crippen LogP contribution in [0.2, 0.25) is 0 Å². The van der Waals surface area contributed by atoms with Gasteiger partial charge in [-0.2, -0.15) is 0 Å². The number of aryl methyl sites for hydroxylation is 2. The zero-order valence-corrected chi connectivity index (χ0v) is 18.4. The first-order valence-electron chi connectivity index (χ1n) is 10.3.